The molecule has 3 rings (SSSR count). The number of terminal acetylenes is 1. The molecule has 5 nitrogen and oxygen atoms in total. The molecule has 1 aliphatic rings. The van der Waals surface area contributed by atoms with E-state index < -0.39 is 0 Å². The van der Waals surface area contributed by atoms with E-state index in [4.69, 9.17) is 40.1 Å². The summed E-state index contributed by atoms with van der Waals surface area (Å²) < 4.78 is 5.59. The predicted octanol–water partition coefficient (Wildman–Crippen LogP) is 3.67. The molecule has 2 aromatic rings. The average Bonchev–Trinajstić information content (AvgIpc) is 2.99. The summed E-state index contributed by atoms with van der Waals surface area (Å²) in [6.07, 6.45) is 7.80. The minimum absolute atomic E-state index is 0.0571. The van der Waals surface area contributed by atoms with Crippen LogP contribution >= 0.6 is 23.2 Å². The van der Waals surface area contributed by atoms with Gasteiger partial charge in [-0.05, 0) is 18.9 Å². The van der Waals surface area contributed by atoms with Crippen LogP contribution in [-0.2, 0) is 6.42 Å². The van der Waals surface area contributed by atoms with Gasteiger partial charge in [0.2, 0.25) is 5.95 Å². The topological polar surface area (TPSA) is 73.4 Å². The van der Waals surface area contributed by atoms with Gasteiger partial charge in [0.05, 0.1) is 16.7 Å². The summed E-state index contributed by atoms with van der Waals surface area (Å²) in [6.45, 7) is 2.30. The number of hydrogen-bond donors (Lipinski definition) is 1. The molecule has 0 spiro atoms. The van der Waals surface area contributed by atoms with Gasteiger partial charge in [0.15, 0.2) is 0 Å². The molecular weight excluding hydrogens is 335 g/mol. The fourth-order valence-corrected chi connectivity index (χ4v) is 3.20. The fourth-order valence-electron chi connectivity index (χ4n) is 2.56. The van der Waals surface area contributed by atoms with Crippen LogP contribution in [0.2, 0.25) is 10.0 Å². The predicted molar refractivity (Wildman–Crippen MR) is 92.9 cm³/mol. The number of benzene rings is 1. The molecule has 116 valence electrons. The van der Waals surface area contributed by atoms with Crippen molar-refractivity contribution >= 4 is 41.1 Å². The van der Waals surface area contributed by atoms with Crippen LogP contribution in [0.1, 0.15) is 18.2 Å². The number of nitrogen functional groups attached to an aromatic ring is 1. The van der Waals surface area contributed by atoms with E-state index in [9.17, 15) is 0 Å². The van der Waals surface area contributed by atoms with Gasteiger partial charge in [0.1, 0.15) is 22.8 Å². The zero-order valence-electron chi connectivity index (χ0n) is 12.2. The van der Waals surface area contributed by atoms with Crippen molar-refractivity contribution in [1.29, 1.82) is 0 Å². The molecule has 0 saturated carbocycles. The second kappa shape index (κ2) is 6.07. The maximum atomic E-state index is 6.42. The van der Waals surface area contributed by atoms with Crippen LogP contribution in [0.3, 0.4) is 0 Å². The number of aromatic nitrogens is 2. The highest BCUT2D eigenvalue weighted by Gasteiger charge is 2.26. The number of hydrogen-bond acceptors (Lipinski definition) is 5. The van der Waals surface area contributed by atoms with Crippen molar-refractivity contribution in [2.75, 3.05) is 12.3 Å². The van der Waals surface area contributed by atoms with Crippen molar-refractivity contribution in [3.8, 4) is 29.4 Å². The Kier molecular flexibility index (Phi) is 4.12. The van der Waals surface area contributed by atoms with E-state index in [1.54, 1.807) is 19.2 Å². The van der Waals surface area contributed by atoms with E-state index in [-0.39, 0.29) is 5.95 Å². The summed E-state index contributed by atoms with van der Waals surface area (Å²) in [5.41, 5.74) is 8.57. The van der Waals surface area contributed by atoms with Gasteiger partial charge in [-0.2, -0.15) is 0 Å². The van der Waals surface area contributed by atoms with E-state index >= 15 is 0 Å². The van der Waals surface area contributed by atoms with Crippen LogP contribution in [0, 0.1) is 12.3 Å². The molecular formula is C16H12Cl2N4O. The maximum Gasteiger partial charge on any atom is 0.221 e. The van der Waals surface area contributed by atoms with Crippen LogP contribution < -0.4 is 10.5 Å². The molecule has 0 bridgehead atoms. The second-order valence-electron chi connectivity index (χ2n) is 4.78. The Hall–Kier alpha value is -2.29. The molecule has 0 radical (unpaired) electrons. The second-order valence-corrected chi connectivity index (χ2v) is 5.60. The first-order chi connectivity index (χ1) is 11.1. The molecule has 0 saturated heterocycles. The summed E-state index contributed by atoms with van der Waals surface area (Å²) in [7, 11) is 0. The molecule has 23 heavy (non-hydrogen) atoms. The summed E-state index contributed by atoms with van der Waals surface area (Å²) in [5.74, 6) is 3.15. The van der Waals surface area contributed by atoms with Gasteiger partial charge >= 0.3 is 0 Å². The van der Waals surface area contributed by atoms with Gasteiger partial charge in [-0.15, -0.1) is 6.42 Å². The van der Waals surface area contributed by atoms with Gasteiger partial charge in [-0.1, -0.05) is 23.2 Å². The lowest BCUT2D eigenvalue weighted by atomic mass is 10.00. The van der Waals surface area contributed by atoms with E-state index in [0.29, 0.717) is 51.5 Å². The molecule has 2 heterocycles. The molecule has 2 N–H and O–H groups in total. The maximum absolute atomic E-state index is 6.42. The monoisotopic (exact) mass is 346 g/mol. The van der Waals surface area contributed by atoms with Crippen LogP contribution in [0.5, 0.6) is 5.75 Å². The zero-order chi connectivity index (χ0) is 16.6. The fraction of sp³-hybridized carbons (Fsp3) is 0.188. The number of fused-ring (bicyclic) bond motifs is 1. The zero-order valence-corrected chi connectivity index (χ0v) is 13.7. The Labute approximate surface area is 143 Å². The van der Waals surface area contributed by atoms with Crippen LogP contribution in [0.4, 0.5) is 11.6 Å². The van der Waals surface area contributed by atoms with E-state index in [1.165, 1.54) is 0 Å². The van der Waals surface area contributed by atoms with Gasteiger partial charge < -0.3 is 10.5 Å². The van der Waals surface area contributed by atoms with E-state index in [0.717, 1.165) is 5.56 Å². The minimum atomic E-state index is 0.0571. The van der Waals surface area contributed by atoms with E-state index in [1.807, 2.05) is 0 Å². The quantitative estimate of drug-likeness (QED) is 0.664. The third-order valence-corrected chi connectivity index (χ3v) is 4.00. The van der Waals surface area contributed by atoms with Crippen LogP contribution in [0.15, 0.2) is 11.1 Å². The van der Waals surface area contributed by atoms with Gasteiger partial charge in [0.25, 0.3) is 0 Å². The molecule has 1 aromatic carbocycles. The third kappa shape index (κ3) is 2.61. The van der Waals surface area contributed by atoms with Crippen LogP contribution in [0.25, 0.3) is 11.3 Å². The smallest absolute Gasteiger partial charge is 0.221 e. The molecule has 0 unspecified atom stereocenters. The Morgan fingerprint density at radius 1 is 1.39 bits per heavy atom. The number of nitrogens with zero attached hydrogens (tertiary/aromatic N) is 3. The summed E-state index contributed by atoms with van der Waals surface area (Å²) in [6, 6.07) is 1.62. The first-order valence-corrected chi connectivity index (χ1v) is 7.59. The van der Waals surface area contributed by atoms with Gasteiger partial charge in [0, 0.05) is 23.8 Å². The van der Waals surface area contributed by atoms with Gasteiger partial charge in [-0.25, -0.2) is 9.97 Å². The number of nitrogens with two attached hydrogens (primary N) is 1. The Morgan fingerprint density at radius 3 is 2.87 bits per heavy atom. The average molecular weight is 347 g/mol. The SMILES string of the molecule is C#Cc1nc(N)nc(-c2c(Cl)cc(Cl)c3c2CCO3)c1/N=C\C. The molecule has 0 fully saturated rings. The first kappa shape index (κ1) is 15.6. The highest BCUT2D eigenvalue weighted by molar-refractivity contribution is 6.37. The van der Waals surface area contributed by atoms with Crippen molar-refractivity contribution in [3.05, 3.63) is 27.4 Å². The number of halogens is 2. The summed E-state index contributed by atoms with van der Waals surface area (Å²) in [5, 5.41) is 0.902. The molecule has 7 heteroatoms. The molecule has 0 amide bonds. The van der Waals surface area contributed by atoms with Crippen molar-refractivity contribution < 1.29 is 4.74 Å². The lowest BCUT2D eigenvalue weighted by molar-refractivity contribution is 0.357. The minimum Gasteiger partial charge on any atom is -0.491 e. The molecule has 1 aliphatic heterocycles. The highest BCUT2D eigenvalue weighted by Crippen LogP contribution is 2.46. The highest BCUT2D eigenvalue weighted by atomic mass is 35.5. The van der Waals surface area contributed by atoms with Crippen LogP contribution in [-0.4, -0.2) is 22.8 Å². The first-order valence-electron chi connectivity index (χ1n) is 6.83. The number of rotatable bonds is 2. The Balaban J connectivity index is 2.39. The lowest BCUT2D eigenvalue weighted by Gasteiger charge is -2.13. The number of aliphatic imine (C=N–C) groups is 1. The Bertz CT molecular complexity index is 872. The molecule has 0 atom stereocenters. The normalized spacial score (nSPS) is 13.0. The van der Waals surface area contributed by atoms with Crippen molar-refractivity contribution in [2.45, 2.75) is 13.3 Å². The summed E-state index contributed by atoms with van der Waals surface area (Å²) in [4.78, 5) is 12.7. The van der Waals surface area contributed by atoms with E-state index in [2.05, 4.69) is 20.9 Å². The van der Waals surface area contributed by atoms with Crippen molar-refractivity contribution in [2.24, 2.45) is 4.99 Å². The summed E-state index contributed by atoms with van der Waals surface area (Å²) >= 11 is 12.6. The molecule has 0 aliphatic carbocycles. The number of ether oxygens (including phenoxy) is 1. The Morgan fingerprint density at radius 2 is 2.17 bits per heavy atom. The lowest BCUT2D eigenvalue weighted by Crippen LogP contribution is -2.02. The van der Waals surface area contributed by atoms with Crippen molar-refractivity contribution in [3.63, 3.8) is 0 Å². The standard InChI is InChI=1S/C16H12Cl2N4O/c1-3-11-13(20-4-2)14(22-16(19)21-11)12-8-5-6-23-15(8)10(18)7-9(12)17/h1,4,7H,5-6H2,2H3,(H2,19,21,22)/b20-4-. The molecule has 1 aromatic heterocycles. The number of anilines is 1. The largest absolute Gasteiger partial charge is 0.491 e. The van der Waals surface area contributed by atoms with Gasteiger partial charge in [-0.3, -0.25) is 4.99 Å². The van der Waals surface area contributed by atoms with Crippen molar-refractivity contribution in [1.82, 2.24) is 9.97 Å². The third-order valence-electron chi connectivity index (χ3n) is 3.42.